The number of piperazine rings is 1. The van der Waals surface area contributed by atoms with E-state index in [1.54, 1.807) is 43.8 Å². The quantitative estimate of drug-likeness (QED) is 0.590. The molecule has 1 saturated heterocycles. The second-order valence-corrected chi connectivity index (χ2v) is 9.03. The Balaban J connectivity index is 1.29. The average Bonchev–Trinajstić information content (AvgIpc) is 3.23. The molecule has 1 N–H and O–H groups in total. The minimum absolute atomic E-state index is 0.153. The van der Waals surface area contributed by atoms with Crippen LogP contribution in [-0.2, 0) is 0 Å². The highest BCUT2D eigenvalue weighted by molar-refractivity contribution is 7.22. The number of para-hydroxylation sites is 1. The molecule has 0 bridgehead atoms. The van der Waals surface area contributed by atoms with Crippen LogP contribution in [0.3, 0.4) is 0 Å². The summed E-state index contributed by atoms with van der Waals surface area (Å²) >= 11 is 1.78. The maximum absolute atomic E-state index is 12.6. The summed E-state index contributed by atoms with van der Waals surface area (Å²) in [6, 6.07) is 9.70. The van der Waals surface area contributed by atoms with E-state index in [2.05, 4.69) is 41.1 Å². The second kappa shape index (κ2) is 9.75. The van der Waals surface area contributed by atoms with Gasteiger partial charge in [-0.25, -0.2) is 4.98 Å². The van der Waals surface area contributed by atoms with E-state index in [9.17, 15) is 4.79 Å². The summed E-state index contributed by atoms with van der Waals surface area (Å²) in [7, 11) is 3.11. The first-order chi connectivity index (χ1) is 15.5. The fourth-order valence-electron chi connectivity index (χ4n) is 4.15. The molecule has 1 amide bonds. The number of nitrogens with zero attached hydrogens (tertiary/aromatic N) is 3. The van der Waals surface area contributed by atoms with Gasteiger partial charge >= 0.3 is 0 Å². The molecular formula is C24H30N4O3S. The Labute approximate surface area is 192 Å². The van der Waals surface area contributed by atoms with Crippen LogP contribution in [0.25, 0.3) is 10.2 Å². The van der Waals surface area contributed by atoms with Gasteiger partial charge in [-0.1, -0.05) is 23.5 Å². The van der Waals surface area contributed by atoms with E-state index in [1.165, 1.54) is 15.8 Å². The van der Waals surface area contributed by atoms with Crippen molar-refractivity contribution in [3.05, 3.63) is 47.0 Å². The lowest BCUT2D eigenvalue weighted by molar-refractivity contribution is 0.0944. The summed E-state index contributed by atoms with van der Waals surface area (Å²) in [4.78, 5) is 22.3. The summed E-state index contributed by atoms with van der Waals surface area (Å²) in [5.41, 5.74) is 4.13. The predicted octanol–water partition coefficient (Wildman–Crippen LogP) is 3.48. The smallest absolute Gasteiger partial charge is 0.255 e. The van der Waals surface area contributed by atoms with Crippen LogP contribution in [0.2, 0.25) is 0 Å². The van der Waals surface area contributed by atoms with E-state index in [0.717, 1.165) is 43.4 Å². The number of aromatic nitrogens is 1. The fraction of sp³-hybridized carbons (Fsp3) is 0.417. The number of hydrogen-bond donors (Lipinski definition) is 1. The first-order valence-electron chi connectivity index (χ1n) is 10.8. The van der Waals surface area contributed by atoms with Crippen molar-refractivity contribution in [3.63, 3.8) is 0 Å². The van der Waals surface area contributed by atoms with Gasteiger partial charge in [0.2, 0.25) is 0 Å². The van der Waals surface area contributed by atoms with Gasteiger partial charge in [-0.2, -0.15) is 0 Å². The van der Waals surface area contributed by atoms with E-state index in [4.69, 9.17) is 14.5 Å². The fourth-order valence-corrected chi connectivity index (χ4v) is 5.22. The SMILES string of the molecule is COc1cccc(C(=O)NCCN2CCN(c3nc4cc(C)cc(C)c4s3)CC2)c1OC. The third-order valence-electron chi connectivity index (χ3n) is 5.81. The monoisotopic (exact) mass is 454 g/mol. The van der Waals surface area contributed by atoms with Gasteiger partial charge in [-0.15, -0.1) is 0 Å². The molecule has 1 aliphatic heterocycles. The van der Waals surface area contributed by atoms with Crippen molar-refractivity contribution in [2.75, 3.05) is 58.4 Å². The van der Waals surface area contributed by atoms with Crippen molar-refractivity contribution < 1.29 is 14.3 Å². The molecule has 0 radical (unpaired) electrons. The molecule has 0 unspecified atom stereocenters. The Morgan fingerprint density at radius 1 is 1.12 bits per heavy atom. The van der Waals surface area contributed by atoms with Crippen molar-refractivity contribution in [1.29, 1.82) is 0 Å². The van der Waals surface area contributed by atoms with Gasteiger partial charge in [-0.3, -0.25) is 9.69 Å². The van der Waals surface area contributed by atoms with Gasteiger partial charge in [0.15, 0.2) is 16.6 Å². The zero-order valence-corrected chi connectivity index (χ0v) is 19.9. The molecule has 170 valence electrons. The summed E-state index contributed by atoms with van der Waals surface area (Å²) in [5.74, 6) is 0.860. The van der Waals surface area contributed by atoms with Crippen LogP contribution in [0.15, 0.2) is 30.3 Å². The summed E-state index contributed by atoms with van der Waals surface area (Å²) in [5, 5.41) is 4.11. The molecule has 1 aromatic heterocycles. The second-order valence-electron chi connectivity index (χ2n) is 8.05. The van der Waals surface area contributed by atoms with Crippen LogP contribution in [0.5, 0.6) is 11.5 Å². The Hall–Kier alpha value is -2.84. The number of hydrogen-bond acceptors (Lipinski definition) is 7. The Morgan fingerprint density at radius 2 is 1.91 bits per heavy atom. The van der Waals surface area contributed by atoms with Gasteiger partial charge in [0.1, 0.15) is 0 Å². The Kier molecular flexibility index (Phi) is 6.81. The van der Waals surface area contributed by atoms with Gasteiger partial charge < -0.3 is 19.7 Å². The lowest BCUT2D eigenvalue weighted by Crippen LogP contribution is -2.48. The molecule has 0 saturated carbocycles. The molecule has 0 spiro atoms. The minimum Gasteiger partial charge on any atom is -0.493 e. The molecule has 0 aliphatic carbocycles. The predicted molar refractivity (Wildman–Crippen MR) is 130 cm³/mol. The summed E-state index contributed by atoms with van der Waals surface area (Å²) in [6.45, 7) is 9.45. The molecule has 2 heterocycles. The number of rotatable bonds is 7. The Morgan fingerprint density at radius 3 is 2.62 bits per heavy atom. The molecule has 0 atom stereocenters. The lowest BCUT2D eigenvalue weighted by Gasteiger charge is -2.34. The van der Waals surface area contributed by atoms with Crippen molar-refractivity contribution in [3.8, 4) is 11.5 Å². The highest BCUT2D eigenvalue weighted by atomic mass is 32.1. The van der Waals surface area contributed by atoms with Gasteiger partial charge in [0.25, 0.3) is 5.91 Å². The van der Waals surface area contributed by atoms with Crippen molar-refractivity contribution in [2.45, 2.75) is 13.8 Å². The van der Waals surface area contributed by atoms with Crippen LogP contribution < -0.4 is 19.7 Å². The van der Waals surface area contributed by atoms with Crippen molar-refractivity contribution >= 4 is 32.6 Å². The minimum atomic E-state index is -0.153. The number of fused-ring (bicyclic) bond motifs is 1. The number of carbonyl (C=O) groups excluding carboxylic acids is 1. The zero-order chi connectivity index (χ0) is 22.7. The largest absolute Gasteiger partial charge is 0.493 e. The first kappa shape index (κ1) is 22.4. The maximum atomic E-state index is 12.6. The highest BCUT2D eigenvalue weighted by Gasteiger charge is 2.21. The van der Waals surface area contributed by atoms with E-state index in [0.29, 0.717) is 23.6 Å². The van der Waals surface area contributed by atoms with Crippen molar-refractivity contribution in [2.24, 2.45) is 0 Å². The van der Waals surface area contributed by atoms with Crippen LogP contribution in [-0.4, -0.2) is 69.3 Å². The number of thiazole rings is 1. The average molecular weight is 455 g/mol. The van der Waals surface area contributed by atoms with Gasteiger partial charge in [-0.05, 0) is 43.2 Å². The molecule has 1 fully saturated rings. The molecule has 2 aromatic carbocycles. The number of carbonyl (C=O) groups is 1. The number of amides is 1. The van der Waals surface area contributed by atoms with E-state index >= 15 is 0 Å². The molecule has 7 nitrogen and oxygen atoms in total. The van der Waals surface area contributed by atoms with Crippen LogP contribution in [0.1, 0.15) is 21.5 Å². The van der Waals surface area contributed by atoms with Gasteiger partial charge in [0.05, 0.1) is 30.0 Å². The molecule has 1 aliphatic rings. The van der Waals surface area contributed by atoms with Gasteiger partial charge in [0, 0.05) is 39.3 Å². The Bertz CT molecular complexity index is 1110. The van der Waals surface area contributed by atoms with Crippen LogP contribution in [0.4, 0.5) is 5.13 Å². The molecule has 3 aromatic rings. The maximum Gasteiger partial charge on any atom is 0.255 e. The topological polar surface area (TPSA) is 66.9 Å². The van der Waals surface area contributed by atoms with E-state index in [1.807, 2.05) is 0 Å². The van der Waals surface area contributed by atoms with E-state index in [-0.39, 0.29) is 5.91 Å². The van der Waals surface area contributed by atoms with Crippen LogP contribution >= 0.6 is 11.3 Å². The number of nitrogens with one attached hydrogen (secondary N) is 1. The van der Waals surface area contributed by atoms with E-state index < -0.39 is 0 Å². The van der Waals surface area contributed by atoms with Crippen molar-refractivity contribution in [1.82, 2.24) is 15.2 Å². The lowest BCUT2D eigenvalue weighted by atomic mass is 10.1. The molecule has 32 heavy (non-hydrogen) atoms. The number of ether oxygens (including phenoxy) is 2. The van der Waals surface area contributed by atoms with Crippen LogP contribution in [0, 0.1) is 13.8 Å². The highest BCUT2D eigenvalue weighted by Crippen LogP contribution is 2.32. The summed E-state index contributed by atoms with van der Waals surface area (Å²) in [6.07, 6.45) is 0. The zero-order valence-electron chi connectivity index (χ0n) is 19.1. The first-order valence-corrected chi connectivity index (χ1v) is 11.7. The third-order valence-corrected chi connectivity index (χ3v) is 7.08. The third kappa shape index (κ3) is 4.66. The summed E-state index contributed by atoms with van der Waals surface area (Å²) < 4.78 is 11.9. The molecule has 8 heteroatoms. The molecule has 4 rings (SSSR count). The standard InChI is InChI=1S/C24H30N4O3S/c1-16-14-17(2)22-19(15-16)26-24(32-22)28-12-10-27(11-13-28)9-8-25-23(29)18-6-5-7-20(30-3)21(18)31-4/h5-7,14-15H,8-13H2,1-4H3,(H,25,29). The number of benzene rings is 2. The normalized spacial score (nSPS) is 14.6. The molecular weight excluding hydrogens is 424 g/mol. The number of anilines is 1. The number of aryl methyl sites for hydroxylation is 2. The number of methoxy groups -OCH3 is 2.